The standard InChI is InChI=1S/C19H30N4.HI/c1-20-18(23-12-11-19(15-23)9-4-5-10-19)21-14-16-7-6-8-17(13-16)22(2)3;/h6-8,13H,4-5,9-12,14-15H2,1-3H3,(H,20,21);1H. The molecule has 1 heterocycles. The van der Waals surface area contributed by atoms with Crippen molar-refractivity contribution in [1.82, 2.24) is 10.2 Å². The predicted octanol–water partition coefficient (Wildman–Crippen LogP) is 3.71. The first kappa shape index (κ1) is 19.3. The minimum absolute atomic E-state index is 0. The predicted molar refractivity (Wildman–Crippen MR) is 113 cm³/mol. The van der Waals surface area contributed by atoms with E-state index >= 15 is 0 Å². The Morgan fingerprint density at radius 1 is 1.25 bits per heavy atom. The van der Waals surface area contributed by atoms with Gasteiger partial charge in [0.25, 0.3) is 0 Å². The summed E-state index contributed by atoms with van der Waals surface area (Å²) >= 11 is 0. The van der Waals surface area contributed by atoms with Crippen molar-refractivity contribution in [2.24, 2.45) is 10.4 Å². The second kappa shape index (κ2) is 8.41. The summed E-state index contributed by atoms with van der Waals surface area (Å²) in [5.41, 5.74) is 3.13. The molecular weight excluding hydrogens is 411 g/mol. The molecular formula is C19H31IN4. The van der Waals surface area contributed by atoms with Crippen molar-refractivity contribution < 1.29 is 0 Å². The molecule has 2 fully saturated rings. The van der Waals surface area contributed by atoms with Gasteiger partial charge in [-0.3, -0.25) is 4.99 Å². The Balaban J connectivity index is 0.00000208. The Labute approximate surface area is 163 Å². The lowest BCUT2D eigenvalue weighted by Gasteiger charge is -2.26. The summed E-state index contributed by atoms with van der Waals surface area (Å²) in [7, 11) is 6.06. The van der Waals surface area contributed by atoms with Crippen molar-refractivity contribution >= 4 is 35.6 Å². The van der Waals surface area contributed by atoms with Gasteiger partial charge in [-0.25, -0.2) is 0 Å². The maximum Gasteiger partial charge on any atom is 0.193 e. The van der Waals surface area contributed by atoms with Crippen molar-refractivity contribution in [2.45, 2.75) is 38.6 Å². The van der Waals surface area contributed by atoms with Gasteiger partial charge in [0.15, 0.2) is 5.96 Å². The number of guanidine groups is 1. The van der Waals surface area contributed by atoms with Gasteiger partial charge < -0.3 is 15.1 Å². The zero-order chi connectivity index (χ0) is 16.3. The van der Waals surface area contributed by atoms with Crippen molar-refractivity contribution in [2.75, 3.05) is 39.1 Å². The SMILES string of the molecule is CN=C(NCc1cccc(N(C)C)c1)N1CCC2(CCCC2)C1.I. The number of hydrogen-bond donors (Lipinski definition) is 1. The molecule has 1 aliphatic carbocycles. The van der Waals surface area contributed by atoms with Crippen LogP contribution in [0.1, 0.15) is 37.7 Å². The van der Waals surface area contributed by atoms with E-state index in [2.05, 4.69) is 58.5 Å². The second-order valence-corrected chi connectivity index (χ2v) is 7.34. The summed E-state index contributed by atoms with van der Waals surface area (Å²) in [6, 6.07) is 8.68. The van der Waals surface area contributed by atoms with E-state index in [-0.39, 0.29) is 24.0 Å². The molecule has 0 aromatic heterocycles. The molecule has 1 aliphatic heterocycles. The maximum atomic E-state index is 4.52. The van der Waals surface area contributed by atoms with E-state index in [9.17, 15) is 0 Å². The van der Waals surface area contributed by atoms with Crippen LogP contribution in [0.15, 0.2) is 29.3 Å². The van der Waals surface area contributed by atoms with Crippen LogP contribution in [0, 0.1) is 5.41 Å². The van der Waals surface area contributed by atoms with E-state index < -0.39 is 0 Å². The Morgan fingerprint density at radius 2 is 2.00 bits per heavy atom. The van der Waals surface area contributed by atoms with Crippen molar-refractivity contribution in [1.29, 1.82) is 0 Å². The molecule has 1 saturated carbocycles. The maximum absolute atomic E-state index is 4.52. The van der Waals surface area contributed by atoms with Gasteiger partial charge in [-0.2, -0.15) is 0 Å². The van der Waals surface area contributed by atoms with Crippen molar-refractivity contribution in [3.8, 4) is 0 Å². The van der Waals surface area contributed by atoms with Gasteiger partial charge in [0.1, 0.15) is 0 Å². The molecule has 0 radical (unpaired) electrons. The average molecular weight is 442 g/mol. The summed E-state index contributed by atoms with van der Waals surface area (Å²) in [4.78, 5) is 9.12. The zero-order valence-corrected chi connectivity index (χ0v) is 17.5. The Hall–Kier alpha value is -0.980. The van der Waals surface area contributed by atoms with Crippen molar-refractivity contribution in [3.05, 3.63) is 29.8 Å². The first-order chi connectivity index (χ1) is 11.1. The van der Waals surface area contributed by atoms with Gasteiger partial charge in [0.2, 0.25) is 0 Å². The molecule has 1 saturated heterocycles. The molecule has 134 valence electrons. The normalized spacial score (nSPS) is 19.5. The number of nitrogens with zero attached hydrogens (tertiary/aromatic N) is 3. The molecule has 1 spiro atoms. The van der Waals surface area contributed by atoms with Gasteiger partial charge in [-0.1, -0.05) is 25.0 Å². The number of aliphatic imine (C=N–C) groups is 1. The summed E-state index contributed by atoms with van der Waals surface area (Å²) in [5, 5.41) is 3.56. The lowest BCUT2D eigenvalue weighted by Crippen LogP contribution is -2.40. The topological polar surface area (TPSA) is 30.9 Å². The largest absolute Gasteiger partial charge is 0.378 e. The number of likely N-dealkylation sites (tertiary alicyclic amines) is 1. The van der Waals surface area contributed by atoms with E-state index in [4.69, 9.17) is 0 Å². The third-order valence-electron chi connectivity index (χ3n) is 5.49. The van der Waals surface area contributed by atoms with Crippen LogP contribution in [0.5, 0.6) is 0 Å². The quantitative estimate of drug-likeness (QED) is 0.440. The number of benzene rings is 1. The summed E-state index contributed by atoms with van der Waals surface area (Å²) in [6.07, 6.45) is 6.98. The number of hydrogen-bond acceptors (Lipinski definition) is 2. The van der Waals surface area contributed by atoms with Crippen LogP contribution in [0.2, 0.25) is 0 Å². The molecule has 0 amide bonds. The van der Waals surface area contributed by atoms with E-state index in [0.29, 0.717) is 5.41 Å². The molecule has 3 rings (SSSR count). The molecule has 0 unspecified atom stereocenters. The molecule has 24 heavy (non-hydrogen) atoms. The highest BCUT2D eigenvalue weighted by Crippen LogP contribution is 2.45. The van der Waals surface area contributed by atoms with E-state index in [0.717, 1.165) is 19.0 Å². The number of anilines is 1. The first-order valence-electron chi connectivity index (χ1n) is 8.84. The van der Waals surface area contributed by atoms with Crippen LogP contribution in [0.3, 0.4) is 0 Å². The highest BCUT2D eigenvalue weighted by Gasteiger charge is 2.40. The highest BCUT2D eigenvalue weighted by atomic mass is 127. The molecule has 2 aliphatic rings. The fourth-order valence-corrected chi connectivity index (χ4v) is 4.11. The van der Waals surface area contributed by atoms with Gasteiger partial charge in [0, 0.05) is 46.5 Å². The highest BCUT2D eigenvalue weighted by molar-refractivity contribution is 14.0. The third-order valence-corrected chi connectivity index (χ3v) is 5.49. The van der Waals surface area contributed by atoms with Crippen LogP contribution >= 0.6 is 24.0 Å². The number of halogens is 1. The Kier molecular flexibility index (Phi) is 6.78. The minimum Gasteiger partial charge on any atom is -0.378 e. The van der Waals surface area contributed by atoms with Crippen LogP contribution in [0.4, 0.5) is 5.69 Å². The Bertz CT molecular complexity index is 564. The Morgan fingerprint density at radius 3 is 2.67 bits per heavy atom. The third kappa shape index (κ3) is 4.35. The van der Waals surface area contributed by atoms with Crippen LogP contribution in [-0.4, -0.2) is 45.1 Å². The number of rotatable bonds is 3. The second-order valence-electron chi connectivity index (χ2n) is 7.34. The molecule has 0 bridgehead atoms. The van der Waals surface area contributed by atoms with Crippen LogP contribution < -0.4 is 10.2 Å². The van der Waals surface area contributed by atoms with Gasteiger partial charge in [-0.15, -0.1) is 24.0 Å². The fourth-order valence-electron chi connectivity index (χ4n) is 4.11. The van der Waals surface area contributed by atoms with E-state index in [1.54, 1.807) is 0 Å². The monoisotopic (exact) mass is 442 g/mol. The smallest absolute Gasteiger partial charge is 0.193 e. The van der Waals surface area contributed by atoms with Gasteiger partial charge >= 0.3 is 0 Å². The lowest BCUT2D eigenvalue weighted by atomic mass is 9.86. The van der Waals surface area contributed by atoms with E-state index in [1.165, 1.54) is 49.9 Å². The summed E-state index contributed by atoms with van der Waals surface area (Å²) in [6.45, 7) is 3.17. The summed E-state index contributed by atoms with van der Waals surface area (Å²) in [5.74, 6) is 1.06. The lowest BCUT2D eigenvalue weighted by molar-refractivity contribution is 0.309. The molecule has 4 nitrogen and oxygen atoms in total. The fraction of sp³-hybridized carbons (Fsp3) is 0.632. The molecule has 5 heteroatoms. The number of nitrogens with one attached hydrogen (secondary N) is 1. The summed E-state index contributed by atoms with van der Waals surface area (Å²) < 4.78 is 0. The van der Waals surface area contributed by atoms with Crippen LogP contribution in [0.25, 0.3) is 0 Å². The van der Waals surface area contributed by atoms with Crippen molar-refractivity contribution in [3.63, 3.8) is 0 Å². The van der Waals surface area contributed by atoms with Gasteiger partial charge in [0.05, 0.1) is 0 Å². The van der Waals surface area contributed by atoms with E-state index in [1.807, 2.05) is 7.05 Å². The van der Waals surface area contributed by atoms with Gasteiger partial charge in [-0.05, 0) is 42.4 Å². The molecule has 1 aromatic carbocycles. The molecule has 0 atom stereocenters. The molecule has 1 aromatic rings. The zero-order valence-electron chi connectivity index (χ0n) is 15.2. The molecule has 1 N–H and O–H groups in total. The minimum atomic E-state index is 0. The first-order valence-corrected chi connectivity index (χ1v) is 8.84. The van der Waals surface area contributed by atoms with Crippen LogP contribution in [-0.2, 0) is 6.54 Å². The average Bonchev–Trinajstić information content (AvgIpc) is 3.19.